The van der Waals surface area contributed by atoms with Crippen LogP contribution in [0.4, 0.5) is 5.69 Å². The molecule has 0 aliphatic heterocycles. The number of thiophene rings is 1. The molecule has 0 bridgehead atoms. The molecule has 1 heterocycles. The van der Waals surface area contributed by atoms with Gasteiger partial charge in [-0.1, -0.05) is 29.5 Å². The number of aliphatic hydroxyl groups is 1. The van der Waals surface area contributed by atoms with Crippen LogP contribution in [0.2, 0.25) is 5.02 Å². The highest BCUT2D eigenvalue weighted by Crippen LogP contribution is 2.26. The molecule has 0 saturated carbocycles. The van der Waals surface area contributed by atoms with Crippen molar-refractivity contribution < 1.29 is 9.90 Å². The number of benzene rings is 1. The first kappa shape index (κ1) is 15.6. The van der Waals surface area contributed by atoms with E-state index in [1.54, 1.807) is 12.1 Å². The van der Waals surface area contributed by atoms with Gasteiger partial charge in [-0.3, -0.25) is 4.79 Å². The fourth-order valence-corrected chi connectivity index (χ4v) is 2.86. The predicted molar refractivity (Wildman–Crippen MR) is 87.2 cm³/mol. The van der Waals surface area contributed by atoms with Gasteiger partial charge in [-0.05, 0) is 43.2 Å². The van der Waals surface area contributed by atoms with E-state index in [1.807, 2.05) is 26.0 Å². The van der Waals surface area contributed by atoms with Gasteiger partial charge in [-0.25, -0.2) is 0 Å². The average Bonchev–Trinajstić information content (AvgIpc) is 2.82. The van der Waals surface area contributed by atoms with Gasteiger partial charge in [0.15, 0.2) is 0 Å². The minimum Gasteiger partial charge on any atom is -0.384 e. The lowest BCUT2D eigenvalue weighted by atomic mass is 10.2. The standard InChI is InChI=1S/C16H14ClNO2S/c1-10-5-6-12(17)13(8-10)18-16(20)15-9-11(2)14(21-15)4-3-7-19/h5-6,8-9,19H,7H2,1-2H3,(H,18,20). The minimum atomic E-state index is -0.215. The highest BCUT2D eigenvalue weighted by molar-refractivity contribution is 7.14. The van der Waals surface area contributed by atoms with Crippen LogP contribution in [0.3, 0.4) is 0 Å². The third-order valence-electron chi connectivity index (χ3n) is 2.79. The Morgan fingerprint density at radius 1 is 1.38 bits per heavy atom. The van der Waals surface area contributed by atoms with Crippen LogP contribution in [0.15, 0.2) is 24.3 Å². The fraction of sp³-hybridized carbons (Fsp3) is 0.188. The number of hydrogen-bond acceptors (Lipinski definition) is 3. The van der Waals surface area contributed by atoms with E-state index in [1.165, 1.54) is 11.3 Å². The first-order valence-corrected chi connectivity index (χ1v) is 7.48. The molecule has 2 aromatic rings. The predicted octanol–water partition coefficient (Wildman–Crippen LogP) is 3.61. The van der Waals surface area contributed by atoms with Gasteiger partial charge in [0.1, 0.15) is 6.61 Å². The van der Waals surface area contributed by atoms with Gasteiger partial charge in [0, 0.05) is 0 Å². The largest absolute Gasteiger partial charge is 0.384 e. The SMILES string of the molecule is Cc1ccc(Cl)c(NC(=O)c2cc(C)c(C#CCO)s2)c1. The maximum atomic E-state index is 12.3. The molecule has 5 heteroatoms. The van der Waals surface area contributed by atoms with Crippen molar-refractivity contribution in [2.24, 2.45) is 0 Å². The Bertz CT molecular complexity index is 740. The molecular weight excluding hydrogens is 306 g/mol. The quantitative estimate of drug-likeness (QED) is 0.831. The summed E-state index contributed by atoms with van der Waals surface area (Å²) in [6.45, 7) is 3.62. The molecule has 0 saturated heterocycles. The zero-order valence-electron chi connectivity index (χ0n) is 11.7. The number of amides is 1. The van der Waals surface area contributed by atoms with Crippen molar-refractivity contribution in [3.05, 3.63) is 50.2 Å². The molecule has 108 valence electrons. The highest BCUT2D eigenvalue weighted by atomic mass is 35.5. The van der Waals surface area contributed by atoms with Gasteiger partial charge in [-0.15, -0.1) is 11.3 Å². The van der Waals surface area contributed by atoms with Crippen LogP contribution in [0.5, 0.6) is 0 Å². The molecule has 0 unspecified atom stereocenters. The van der Waals surface area contributed by atoms with E-state index >= 15 is 0 Å². The maximum absolute atomic E-state index is 12.3. The van der Waals surface area contributed by atoms with Crippen molar-refractivity contribution in [2.75, 3.05) is 11.9 Å². The number of halogens is 1. The molecular formula is C16H14ClNO2S. The number of aryl methyl sites for hydroxylation is 2. The zero-order valence-corrected chi connectivity index (χ0v) is 13.2. The molecule has 0 spiro atoms. The number of nitrogens with one attached hydrogen (secondary N) is 1. The van der Waals surface area contributed by atoms with E-state index in [0.29, 0.717) is 15.6 Å². The summed E-state index contributed by atoms with van der Waals surface area (Å²) in [4.78, 5) is 13.6. The number of hydrogen-bond donors (Lipinski definition) is 2. The van der Waals surface area contributed by atoms with Gasteiger partial charge in [-0.2, -0.15) is 0 Å². The first-order chi connectivity index (χ1) is 10.0. The van der Waals surface area contributed by atoms with Gasteiger partial charge in [0.2, 0.25) is 0 Å². The van der Waals surface area contributed by atoms with Crippen LogP contribution in [0.1, 0.15) is 25.7 Å². The van der Waals surface area contributed by atoms with Gasteiger partial charge in [0.25, 0.3) is 5.91 Å². The van der Waals surface area contributed by atoms with E-state index in [-0.39, 0.29) is 12.5 Å². The number of carbonyl (C=O) groups excluding carboxylic acids is 1. The van der Waals surface area contributed by atoms with Gasteiger partial charge < -0.3 is 10.4 Å². The van der Waals surface area contributed by atoms with Crippen molar-refractivity contribution in [3.8, 4) is 11.8 Å². The van der Waals surface area contributed by atoms with Gasteiger partial charge in [0.05, 0.1) is 20.5 Å². The van der Waals surface area contributed by atoms with E-state index < -0.39 is 0 Å². The van der Waals surface area contributed by atoms with Crippen LogP contribution < -0.4 is 5.32 Å². The fourth-order valence-electron chi connectivity index (χ4n) is 1.76. The lowest BCUT2D eigenvalue weighted by molar-refractivity contribution is 0.103. The summed E-state index contributed by atoms with van der Waals surface area (Å²) in [6.07, 6.45) is 0. The van der Waals surface area contributed by atoms with Crippen LogP contribution >= 0.6 is 22.9 Å². The Kier molecular flexibility index (Phi) is 5.03. The monoisotopic (exact) mass is 319 g/mol. The van der Waals surface area contributed by atoms with Crippen molar-refractivity contribution >= 4 is 34.5 Å². The third-order valence-corrected chi connectivity index (χ3v) is 4.27. The van der Waals surface area contributed by atoms with Crippen LogP contribution in [0, 0.1) is 25.7 Å². The van der Waals surface area contributed by atoms with Crippen molar-refractivity contribution in [2.45, 2.75) is 13.8 Å². The Morgan fingerprint density at radius 3 is 2.86 bits per heavy atom. The Balaban J connectivity index is 2.23. The Hall–Kier alpha value is -1.80. The summed E-state index contributed by atoms with van der Waals surface area (Å²) < 4.78 is 0. The minimum absolute atomic E-state index is 0.197. The maximum Gasteiger partial charge on any atom is 0.265 e. The summed E-state index contributed by atoms with van der Waals surface area (Å²) in [5, 5.41) is 12.0. The average molecular weight is 320 g/mol. The van der Waals surface area contributed by atoms with Crippen molar-refractivity contribution in [3.63, 3.8) is 0 Å². The van der Waals surface area contributed by atoms with Crippen molar-refractivity contribution in [1.29, 1.82) is 0 Å². The van der Waals surface area contributed by atoms with Crippen molar-refractivity contribution in [1.82, 2.24) is 0 Å². The van der Waals surface area contributed by atoms with Gasteiger partial charge >= 0.3 is 0 Å². The lowest BCUT2D eigenvalue weighted by Crippen LogP contribution is -2.10. The van der Waals surface area contributed by atoms with E-state index in [9.17, 15) is 4.79 Å². The molecule has 1 aromatic carbocycles. The summed E-state index contributed by atoms with van der Waals surface area (Å²) in [5.74, 6) is 5.21. The normalized spacial score (nSPS) is 9.90. The lowest BCUT2D eigenvalue weighted by Gasteiger charge is -2.06. The molecule has 0 atom stereocenters. The smallest absolute Gasteiger partial charge is 0.265 e. The number of aliphatic hydroxyl groups excluding tert-OH is 1. The van der Waals surface area contributed by atoms with E-state index in [4.69, 9.17) is 16.7 Å². The second kappa shape index (κ2) is 6.77. The van der Waals surface area contributed by atoms with Crippen LogP contribution in [0.25, 0.3) is 0 Å². The second-order valence-electron chi connectivity index (χ2n) is 4.52. The molecule has 2 N–H and O–H groups in total. The van der Waals surface area contributed by atoms with E-state index in [2.05, 4.69) is 17.2 Å². The van der Waals surface area contributed by atoms with Crippen LogP contribution in [-0.2, 0) is 0 Å². The zero-order chi connectivity index (χ0) is 15.4. The Morgan fingerprint density at radius 2 is 2.14 bits per heavy atom. The molecule has 0 fully saturated rings. The number of carbonyl (C=O) groups is 1. The summed E-state index contributed by atoms with van der Waals surface area (Å²) >= 11 is 7.37. The topological polar surface area (TPSA) is 49.3 Å². The molecule has 1 aromatic heterocycles. The van der Waals surface area contributed by atoms with E-state index in [0.717, 1.165) is 16.0 Å². The molecule has 1 amide bonds. The number of rotatable bonds is 2. The highest BCUT2D eigenvalue weighted by Gasteiger charge is 2.13. The second-order valence-corrected chi connectivity index (χ2v) is 5.98. The molecule has 0 aliphatic carbocycles. The number of anilines is 1. The summed E-state index contributed by atoms with van der Waals surface area (Å²) in [7, 11) is 0. The molecule has 0 aliphatic rings. The Labute approximate surface area is 132 Å². The molecule has 0 radical (unpaired) electrons. The molecule has 3 nitrogen and oxygen atoms in total. The molecule has 2 rings (SSSR count). The van der Waals surface area contributed by atoms with Crippen LogP contribution in [-0.4, -0.2) is 17.6 Å². The summed E-state index contributed by atoms with van der Waals surface area (Å²) in [5.41, 5.74) is 2.53. The first-order valence-electron chi connectivity index (χ1n) is 6.29. The third kappa shape index (κ3) is 3.85. The summed E-state index contributed by atoms with van der Waals surface area (Å²) in [6, 6.07) is 7.25. The molecule has 21 heavy (non-hydrogen) atoms.